The van der Waals surface area contributed by atoms with Crippen molar-refractivity contribution in [2.24, 2.45) is 23.7 Å². The number of allylic oxidation sites excluding steroid dienone is 2. The third kappa shape index (κ3) is 4.85. The molecule has 0 N–H and O–H groups in total. The molecule has 1 aliphatic heterocycles. The summed E-state index contributed by atoms with van der Waals surface area (Å²) < 4.78 is 5.41. The number of amides is 3. The van der Waals surface area contributed by atoms with E-state index >= 15 is 0 Å². The molecule has 4 atom stereocenters. The fourth-order valence-corrected chi connectivity index (χ4v) is 6.02. The molecular formula is C32H25ClN2O6. The maximum absolute atomic E-state index is 13.6. The zero-order valence-corrected chi connectivity index (χ0v) is 22.8. The number of nitrogens with zero attached hydrogens (tertiary/aromatic N) is 2. The summed E-state index contributed by atoms with van der Waals surface area (Å²) in [6.07, 6.45) is 4.67. The quantitative estimate of drug-likeness (QED) is 0.132. The Morgan fingerprint density at radius 1 is 0.805 bits per heavy atom. The van der Waals surface area contributed by atoms with Crippen molar-refractivity contribution in [3.63, 3.8) is 0 Å². The molecule has 1 saturated heterocycles. The summed E-state index contributed by atoms with van der Waals surface area (Å²) in [7, 11) is 0. The van der Waals surface area contributed by atoms with Crippen molar-refractivity contribution < 1.29 is 28.7 Å². The van der Waals surface area contributed by atoms with Crippen LogP contribution in [0.15, 0.2) is 84.9 Å². The van der Waals surface area contributed by atoms with Gasteiger partial charge in [0, 0.05) is 16.1 Å². The number of ether oxygens (including phenoxy) is 1. The minimum Gasteiger partial charge on any atom is -0.423 e. The van der Waals surface area contributed by atoms with E-state index in [1.165, 1.54) is 48.5 Å². The summed E-state index contributed by atoms with van der Waals surface area (Å²) in [5, 5.41) is 2.23. The number of esters is 1. The molecule has 1 heterocycles. The number of rotatable bonds is 7. The van der Waals surface area contributed by atoms with Gasteiger partial charge in [-0.05, 0) is 85.8 Å². The molecule has 3 aromatic rings. The second-order valence-corrected chi connectivity index (χ2v) is 11.0. The number of benzene rings is 3. The number of fused-ring (bicyclic) bond motifs is 5. The number of carbonyl (C=O) groups excluding carboxylic acids is 5. The first-order valence-electron chi connectivity index (χ1n) is 13.3. The van der Waals surface area contributed by atoms with Gasteiger partial charge >= 0.3 is 5.97 Å². The van der Waals surface area contributed by atoms with Crippen LogP contribution in [0.2, 0.25) is 5.02 Å². The van der Waals surface area contributed by atoms with E-state index in [0.29, 0.717) is 10.6 Å². The molecule has 2 fully saturated rings. The Kier molecular flexibility index (Phi) is 6.79. The van der Waals surface area contributed by atoms with Crippen molar-refractivity contribution in [3.8, 4) is 5.75 Å². The fourth-order valence-electron chi connectivity index (χ4n) is 5.89. The predicted molar refractivity (Wildman–Crippen MR) is 149 cm³/mol. The average molecular weight is 569 g/mol. The highest BCUT2D eigenvalue weighted by atomic mass is 35.5. The van der Waals surface area contributed by atoms with Gasteiger partial charge in [0.2, 0.25) is 0 Å². The largest absolute Gasteiger partial charge is 0.423 e. The minimum atomic E-state index is -0.666. The Hall–Kier alpha value is -4.56. The first-order chi connectivity index (χ1) is 19.7. The van der Waals surface area contributed by atoms with E-state index in [1.807, 2.05) is 19.1 Å². The van der Waals surface area contributed by atoms with E-state index in [4.69, 9.17) is 16.3 Å². The number of Topliss-reactive ketones (excluding diaryl/α,β-unsaturated/α-hetero) is 1. The smallest absolute Gasteiger partial charge is 0.343 e. The molecule has 0 unspecified atom stereocenters. The number of imide groups is 1. The van der Waals surface area contributed by atoms with Crippen molar-refractivity contribution in [1.82, 2.24) is 10.0 Å². The Morgan fingerprint density at radius 2 is 1.34 bits per heavy atom. The summed E-state index contributed by atoms with van der Waals surface area (Å²) in [5.41, 5.74) is 1.80. The molecule has 6 rings (SSSR count). The first kappa shape index (κ1) is 26.7. The van der Waals surface area contributed by atoms with E-state index in [0.717, 1.165) is 22.0 Å². The molecule has 1 saturated carbocycles. The Bertz CT molecular complexity index is 1570. The number of aryl methyl sites for hydroxylation is 1. The maximum Gasteiger partial charge on any atom is 0.343 e. The number of ketones is 1. The SMILES string of the molecule is Cc1ccc(C(=O)Oc2ccc(C(=O)CN(C(=O)c3ccc(Cl)cc3)N3C(=O)[C@@H]4[C@H](C3=O)[C@H]3C=C[C@H]4C3)cc2)cc1. The van der Waals surface area contributed by atoms with Crippen LogP contribution in [0.25, 0.3) is 0 Å². The molecule has 3 aromatic carbocycles. The summed E-state index contributed by atoms with van der Waals surface area (Å²) in [6.45, 7) is 1.38. The van der Waals surface area contributed by atoms with Gasteiger partial charge in [0.1, 0.15) is 12.3 Å². The molecule has 9 heteroatoms. The highest BCUT2D eigenvalue weighted by Crippen LogP contribution is 2.52. The van der Waals surface area contributed by atoms with E-state index in [-0.39, 0.29) is 28.7 Å². The van der Waals surface area contributed by atoms with Gasteiger partial charge in [-0.25, -0.2) is 9.80 Å². The van der Waals surface area contributed by atoms with Gasteiger partial charge in [-0.1, -0.05) is 41.4 Å². The van der Waals surface area contributed by atoms with Gasteiger partial charge in [-0.3, -0.25) is 19.2 Å². The van der Waals surface area contributed by atoms with Crippen molar-refractivity contribution in [2.75, 3.05) is 6.54 Å². The molecule has 3 amide bonds. The van der Waals surface area contributed by atoms with Gasteiger partial charge in [0.05, 0.1) is 17.4 Å². The normalized spacial score (nSPS) is 22.1. The third-order valence-electron chi connectivity index (χ3n) is 7.98. The summed E-state index contributed by atoms with van der Waals surface area (Å²) >= 11 is 5.99. The van der Waals surface area contributed by atoms with Crippen LogP contribution in [-0.4, -0.2) is 46.0 Å². The van der Waals surface area contributed by atoms with Crippen molar-refractivity contribution in [3.05, 3.63) is 112 Å². The molecule has 3 aliphatic rings. The second kappa shape index (κ2) is 10.4. The first-order valence-corrected chi connectivity index (χ1v) is 13.6. The number of halogens is 1. The standard InChI is InChI=1S/C32H25ClN2O6/c1-18-2-4-21(5-3-18)32(40)41-25-14-10-19(11-15-25)26(36)17-34(29(37)20-8-12-24(33)13-9-20)35-30(38)27-22-6-7-23(16-22)28(27)31(35)39/h2-15,22-23,27-28H,16-17H2,1H3/t22-,23-,27-,28+/m0/s1. The van der Waals surface area contributed by atoms with Crippen LogP contribution in [0.1, 0.15) is 43.1 Å². The van der Waals surface area contributed by atoms with Crippen LogP contribution >= 0.6 is 11.6 Å². The fraction of sp³-hybridized carbons (Fsp3) is 0.219. The average Bonchev–Trinajstić information content (AvgIpc) is 3.66. The van der Waals surface area contributed by atoms with E-state index in [1.54, 1.807) is 24.3 Å². The summed E-state index contributed by atoms with van der Waals surface area (Å²) in [4.78, 5) is 66.5. The molecule has 8 nitrogen and oxygen atoms in total. The highest BCUT2D eigenvalue weighted by molar-refractivity contribution is 6.30. The highest BCUT2D eigenvalue weighted by Gasteiger charge is 2.61. The maximum atomic E-state index is 13.6. The molecule has 41 heavy (non-hydrogen) atoms. The number of hydrazine groups is 1. The van der Waals surface area contributed by atoms with Gasteiger partial charge in [-0.2, -0.15) is 5.01 Å². The van der Waals surface area contributed by atoms with E-state index in [2.05, 4.69) is 0 Å². The summed E-state index contributed by atoms with van der Waals surface area (Å²) in [6, 6.07) is 18.9. The van der Waals surface area contributed by atoms with Gasteiger partial charge in [-0.15, -0.1) is 0 Å². The van der Waals surface area contributed by atoms with Gasteiger partial charge < -0.3 is 4.74 Å². The van der Waals surface area contributed by atoms with Gasteiger partial charge in [0.25, 0.3) is 17.7 Å². The minimum absolute atomic E-state index is 0.0511. The zero-order valence-electron chi connectivity index (χ0n) is 22.0. The van der Waals surface area contributed by atoms with Crippen LogP contribution in [-0.2, 0) is 9.59 Å². The Balaban J connectivity index is 1.23. The number of hydrogen-bond donors (Lipinski definition) is 0. The van der Waals surface area contributed by atoms with Crippen LogP contribution in [0.3, 0.4) is 0 Å². The Morgan fingerprint density at radius 3 is 1.93 bits per heavy atom. The topological polar surface area (TPSA) is 101 Å². The molecule has 0 spiro atoms. The molecule has 2 aliphatic carbocycles. The summed E-state index contributed by atoms with van der Waals surface area (Å²) in [5.74, 6) is -3.56. The van der Waals surface area contributed by atoms with Crippen LogP contribution < -0.4 is 4.74 Å². The lowest BCUT2D eigenvalue weighted by Crippen LogP contribution is -2.52. The lowest BCUT2D eigenvalue weighted by Gasteiger charge is -2.30. The van der Waals surface area contributed by atoms with Crippen LogP contribution in [0.5, 0.6) is 5.75 Å². The molecule has 0 aromatic heterocycles. The van der Waals surface area contributed by atoms with Crippen molar-refractivity contribution in [1.29, 1.82) is 0 Å². The lowest BCUT2D eigenvalue weighted by atomic mass is 9.85. The monoisotopic (exact) mass is 568 g/mol. The van der Waals surface area contributed by atoms with Crippen LogP contribution in [0, 0.1) is 30.6 Å². The van der Waals surface area contributed by atoms with Crippen molar-refractivity contribution >= 4 is 41.1 Å². The molecule has 2 bridgehead atoms. The van der Waals surface area contributed by atoms with E-state index < -0.39 is 47.9 Å². The Labute approximate surface area is 241 Å². The molecule has 0 radical (unpaired) electrons. The molecular weight excluding hydrogens is 544 g/mol. The third-order valence-corrected chi connectivity index (χ3v) is 8.23. The van der Waals surface area contributed by atoms with E-state index in [9.17, 15) is 24.0 Å². The predicted octanol–water partition coefficient (Wildman–Crippen LogP) is 4.91. The second-order valence-electron chi connectivity index (χ2n) is 10.6. The number of carbonyl (C=O) groups is 5. The zero-order chi connectivity index (χ0) is 28.8. The molecule has 206 valence electrons. The number of hydrogen-bond acceptors (Lipinski definition) is 6. The van der Waals surface area contributed by atoms with Crippen LogP contribution in [0.4, 0.5) is 0 Å². The van der Waals surface area contributed by atoms with Crippen molar-refractivity contribution in [2.45, 2.75) is 13.3 Å². The van der Waals surface area contributed by atoms with Gasteiger partial charge in [0.15, 0.2) is 5.78 Å². The lowest BCUT2D eigenvalue weighted by molar-refractivity contribution is -0.154.